The van der Waals surface area contributed by atoms with E-state index < -0.39 is 0 Å². The molecule has 0 radical (unpaired) electrons. The minimum atomic E-state index is 0.154. The van der Waals surface area contributed by atoms with Gasteiger partial charge in [0.2, 0.25) is 0 Å². The molecule has 59 heavy (non-hydrogen) atoms. The van der Waals surface area contributed by atoms with Gasteiger partial charge in [0.25, 0.3) is 0 Å². The van der Waals surface area contributed by atoms with Gasteiger partial charge in [0.15, 0.2) is 0 Å². The van der Waals surface area contributed by atoms with Crippen molar-refractivity contribution in [2.45, 2.75) is 52.4 Å². The van der Waals surface area contributed by atoms with Crippen molar-refractivity contribution in [3.05, 3.63) is 222 Å². The van der Waals surface area contributed by atoms with Crippen LogP contribution in [0.4, 0.5) is 17.1 Å². The summed E-state index contributed by atoms with van der Waals surface area (Å²) in [5.74, 6) is 0. The van der Waals surface area contributed by atoms with Crippen LogP contribution >= 0.6 is 15.9 Å². The lowest BCUT2D eigenvalue weighted by atomic mass is 9.87. The van der Waals surface area contributed by atoms with Crippen LogP contribution in [0.2, 0.25) is 0 Å². The molecule has 3 N–H and O–H groups in total. The SMILES string of the molecule is CC(C)(C)c1ccc(Br)cc1.CC(C)(C)c1ccc(Nc2cc(-c3ccccc3)ccc2-c2ccccc2)cc1.Nc1cc(-c2ccccc2)ccc1-c1ccccc1. The number of nitrogens with one attached hydrogen (secondary N) is 1. The fourth-order valence-corrected chi connectivity index (χ4v) is 7.00. The molecule has 296 valence electrons. The molecule has 0 saturated heterocycles. The van der Waals surface area contributed by atoms with Crippen LogP contribution in [-0.4, -0.2) is 0 Å². The molecule has 0 saturated carbocycles. The Morgan fingerprint density at radius 1 is 0.373 bits per heavy atom. The molecule has 0 aromatic heterocycles. The second kappa shape index (κ2) is 19.5. The van der Waals surface area contributed by atoms with Gasteiger partial charge in [0, 0.05) is 32.7 Å². The van der Waals surface area contributed by atoms with Gasteiger partial charge < -0.3 is 11.1 Å². The van der Waals surface area contributed by atoms with Crippen LogP contribution in [0.5, 0.6) is 0 Å². The summed E-state index contributed by atoms with van der Waals surface area (Å²) >= 11 is 3.41. The number of hydrogen-bond acceptors (Lipinski definition) is 2. The molecule has 0 aliphatic heterocycles. The highest BCUT2D eigenvalue weighted by molar-refractivity contribution is 9.10. The predicted octanol–water partition coefficient (Wildman–Crippen LogP) is 16.4. The van der Waals surface area contributed by atoms with E-state index in [4.69, 9.17) is 5.73 Å². The molecule has 0 amide bonds. The Morgan fingerprint density at radius 3 is 1.17 bits per heavy atom. The summed E-state index contributed by atoms with van der Waals surface area (Å²) in [6.07, 6.45) is 0. The number of benzene rings is 8. The smallest absolute Gasteiger partial charge is 0.0470 e. The average molecular weight is 836 g/mol. The van der Waals surface area contributed by atoms with Crippen molar-refractivity contribution in [2.75, 3.05) is 11.1 Å². The maximum absolute atomic E-state index is 6.19. The quantitative estimate of drug-likeness (QED) is 0.164. The average Bonchev–Trinajstić information content (AvgIpc) is 3.25. The fourth-order valence-electron chi connectivity index (χ4n) is 6.74. The first kappa shape index (κ1) is 42.4. The first-order valence-electron chi connectivity index (χ1n) is 20.2. The molecule has 3 heteroatoms. The van der Waals surface area contributed by atoms with Gasteiger partial charge in [0.05, 0.1) is 0 Å². The molecule has 0 unspecified atom stereocenters. The van der Waals surface area contributed by atoms with Crippen molar-refractivity contribution in [2.24, 2.45) is 0 Å². The van der Waals surface area contributed by atoms with Gasteiger partial charge in [-0.2, -0.15) is 0 Å². The molecule has 0 atom stereocenters. The monoisotopic (exact) mass is 834 g/mol. The molecule has 0 fully saturated rings. The van der Waals surface area contributed by atoms with E-state index in [0.29, 0.717) is 0 Å². The highest BCUT2D eigenvalue weighted by Crippen LogP contribution is 2.35. The second-order valence-electron chi connectivity index (χ2n) is 16.7. The van der Waals surface area contributed by atoms with Gasteiger partial charge >= 0.3 is 0 Å². The summed E-state index contributed by atoms with van der Waals surface area (Å²) in [5, 5.41) is 3.66. The molecule has 0 spiro atoms. The van der Waals surface area contributed by atoms with E-state index in [0.717, 1.165) is 38.2 Å². The maximum Gasteiger partial charge on any atom is 0.0470 e. The normalized spacial score (nSPS) is 11.0. The number of nitrogen functional groups attached to an aromatic ring is 1. The zero-order chi connectivity index (χ0) is 41.8. The highest BCUT2D eigenvalue weighted by Gasteiger charge is 2.14. The zero-order valence-corrected chi connectivity index (χ0v) is 36.7. The third-order valence-electron chi connectivity index (χ3n) is 10.2. The standard InChI is InChI=1S/C28H27N.C18H15N.C10H13Br/c1-28(2,3)24-15-17-25(18-16-24)29-27-20-23(21-10-6-4-7-11-21)14-19-26(27)22-12-8-5-9-13-22;19-18-13-16(14-7-3-1-4-8-14)11-12-17(18)15-9-5-2-6-10-15;1-10(2,3)8-4-6-9(11)7-5-8/h4-20,29H,1-3H3;1-13H,19H2;4-7H,1-3H3. The molecular weight excluding hydrogens is 781 g/mol. The summed E-state index contributed by atoms with van der Waals surface area (Å²) < 4.78 is 1.14. The Balaban J connectivity index is 0.000000166. The third-order valence-corrected chi connectivity index (χ3v) is 10.7. The fraction of sp³-hybridized carbons (Fsp3) is 0.143. The van der Waals surface area contributed by atoms with Crippen LogP contribution in [0, 0.1) is 0 Å². The lowest BCUT2D eigenvalue weighted by Gasteiger charge is -2.20. The van der Waals surface area contributed by atoms with E-state index in [1.165, 1.54) is 38.9 Å². The van der Waals surface area contributed by atoms with Crippen molar-refractivity contribution in [3.63, 3.8) is 0 Å². The topological polar surface area (TPSA) is 38.0 Å². The van der Waals surface area contributed by atoms with Crippen LogP contribution in [0.3, 0.4) is 0 Å². The first-order chi connectivity index (χ1) is 28.3. The summed E-state index contributed by atoms with van der Waals surface area (Å²) in [7, 11) is 0. The van der Waals surface area contributed by atoms with E-state index in [-0.39, 0.29) is 10.8 Å². The predicted molar refractivity (Wildman–Crippen MR) is 260 cm³/mol. The maximum atomic E-state index is 6.19. The summed E-state index contributed by atoms with van der Waals surface area (Å²) in [4.78, 5) is 0. The number of hydrogen-bond donors (Lipinski definition) is 2. The van der Waals surface area contributed by atoms with E-state index >= 15 is 0 Å². The highest BCUT2D eigenvalue weighted by atomic mass is 79.9. The van der Waals surface area contributed by atoms with Gasteiger partial charge in [-0.1, -0.05) is 227 Å². The summed E-state index contributed by atoms with van der Waals surface area (Å²) in [6, 6.07) is 71.7. The molecule has 8 aromatic carbocycles. The van der Waals surface area contributed by atoms with E-state index in [1.54, 1.807) is 0 Å². The number of anilines is 3. The van der Waals surface area contributed by atoms with Crippen molar-refractivity contribution in [1.82, 2.24) is 0 Å². The van der Waals surface area contributed by atoms with Crippen LogP contribution < -0.4 is 11.1 Å². The zero-order valence-electron chi connectivity index (χ0n) is 35.1. The number of rotatable bonds is 6. The lowest BCUT2D eigenvalue weighted by molar-refractivity contribution is 0.590. The van der Waals surface area contributed by atoms with Crippen molar-refractivity contribution >= 4 is 33.0 Å². The van der Waals surface area contributed by atoms with Crippen LogP contribution in [-0.2, 0) is 10.8 Å². The van der Waals surface area contributed by atoms with E-state index in [2.05, 4.69) is 227 Å². The Labute approximate surface area is 361 Å². The number of halogens is 1. The molecule has 0 heterocycles. The lowest BCUT2D eigenvalue weighted by Crippen LogP contribution is -2.10. The Hall–Kier alpha value is -6.16. The molecule has 0 bridgehead atoms. The number of nitrogens with two attached hydrogens (primary N) is 1. The van der Waals surface area contributed by atoms with Gasteiger partial charge in [-0.15, -0.1) is 0 Å². The van der Waals surface area contributed by atoms with Crippen LogP contribution in [0.1, 0.15) is 52.7 Å². The largest absolute Gasteiger partial charge is 0.398 e. The minimum absolute atomic E-state index is 0.154. The van der Waals surface area contributed by atoms with Crippen LogP contribution in [0.15, 0.2) is 211 Å². The van der Waals surface area contributed by atoms with Crippen molar-refractivity contribution in [3.8, 4) is 44.5 Å². The van der Waals surface area contributed by atoms with Crippen molar-refractivity contribution < 1.29 is 0 Å². The Bertz CT molecular complexity index is 2500. The molecule has 8 aromatic rings. The van der Waals surface area contributed by atoms with E-state index in [1.807, 2.05) is 42.5 Å². The molecule has 8 rings (SSSR count). The second-order valence-corrected chi connectivity index (χ2v) is 17.7. The van der Waals surface area contributed by atoms with E-state index in [9.17, 15) is 0 Å². The Morgan fingerprint density at radius 2 is 0.746 bits per heavy atom. The van der Waals surface area contributed by atoms with Crippen LogP contribution in [0.25, 0.3) is 44.5 Å². The molecule has 0 aliphatic rings. The first-order valence-corrected chi connectivity index (χ1v) is 21.0. The van der Waals surface area contributed by atoms with Gasteiger partial charge in [0.1, 0.15) is 0 Å². The van der Waals surface area contributed by atoms with Gasteiger partial charge in [-0.05, 0) is 91.7 Å². The summed E-state index contributed by atoms with van der Waals surface area (Å²) in [6.45, 7) is 13.4. The molecule has 2 nitrogen and oxygen atoms in total. The third kappa shape index (κ3) is 11.9. The molecule has 0 aliphatic carbocycles. The van der Waals surface area contributed by atoms with Crippen molar-refractivity contribution in [1.29, 1.82) is 0 Å². The van der Waals surface area contributed by atoms with Gasteiger partial charge in [-0.25, -0.2) is 0 Å². The molecular formula is C56H55BrN2. The van der Waals surface area contributed by atoms with Gasteiger partial charge in [-0.3, -0.25) is 0 Å². The summed E-state index contributed by atoms with van der Waals surface area (Å²) in [5.41, 5.74) is 21.8. The Kier molecular flexibility index (Phi) is 14.0. The minimum Gasteiger partial charge on any atom is -0.398 e.